The van der Waals surface area contributed by atoms with Crippen LogP contribution in [-0.2, 0) is 11.2 Å². The standard InChI is InChI=1S/C18H17ClFN5O/c19-14-4-3-5-15(20)13(14)12-18(26)22-9-8-21-16-6-7-17(24-23-16)25-10-1-2-11-25/h1-7,10-11H,8-9,12H2,(H,21,23)(H,22,26). The first-order chi connectivity index (χ1) is 12.6. The van der Waals surface area contributed by atoms with Crippen LogP contribution in [0.25, 0.3) is 5.82 Å². The highest BCUT2D eigenvalue weighted by atomic mass is 35.5. The van der Waals surface area contributed by atoms with E-state index >= 15 is 0 Å². The number of benzene rings is 1. The summed E-state index contributed by atoms with van der Waals surface area (Å²) in [6.07, 6.45) is 3.67. The molecule has 8 heteroatoms. The number of nitrogens with zero attached hydrogens (tertiary/aromatic N) is 3. The Bertz CT molecular complexity index is 848. The van der Waals surface area contributed by atoms with E-state index < -0.39 is 5.82 Å². The van der Waals surface area contributed by atoms with Crippen LogP contribution in [0.2, 0.25) is 5.02 Å². The average Bonchev–Trinajstić information content (AvgIpc) is 3.17. The summed E-state index contributed by atoms with van der Waals surface area (Å²) in [4.78, 5) is 11.9. The maximum Gasteiger partial charge on any atom is 0.224 e. The quantitative estimate of drug-likeness (QED) is 0.625. The first-order valence-electron chi connectivity index (χ1n) is 8.04. The Labute approximate surface area is 155 Å². The lowest BCUT2D eigenvalue weighted by Gasteiger charge is -2.09. The van der Waals surface area contributed by atoms with Gasteiger partial charge in [-0.15, -0.1) is 10.2 Å². The van der Waals surface area contributed by atoms with Crippen LogP contribution in [0.3, 0.4) is 0 Å². The zero-order valence-corrected chi connectivity index (χ0v) is 14.6. The van der Waals surface area contributed by atoms with E-state index in [0.717, 1.165) is 5.82 Å². The fraction of sp³-hybridized carbons (Fsp3) is 0.167. The van der Waals surface area contributed by atoms with Crippen molar-refractivity contribution in [2.45, 2.75) is 6.42 Å². The highest BCUT2D eigenvalue weighted by Crippen LogP contribution is 2.19. The molecule has 2 N–H and O–H groups in total. The minimum absolute atomic E-state index is 0.100. The van der Waals surface area contributed by atoms with E-state index in [4.69, 9.17) is 11.6 Å². The van der Waals surface area contributed by atoms with Crippen LogP contribution < -0.4 is 10.6 Å². The molecule has 0 saturated heterocycles. The number of carbonyl (C=O) groups is 1. The topological polar surface area (TPSA) is 71.8 Å². The number of rotatable bonds is 7. The monoisotopic (exact) mass is 373 g/mol. The first-order valence-corrected chi connectivity index (χ1v) is 8.42. The van der Waals surface area contributed by atoms with Crippen LogP contribution in [0.1, 0.15) is 5.56 Å². The number of halogens is 2. The number of nitrogens with one attached hydrogen (secondary N) is 2. The third-order valence-corrected chi connectivity index (χ3v) is 4.03. The summed E-state index contributed by atoms with van der Waals surface area (Å²) in [6, 6.07) is 11.8. The number of hydrogen-bond acceptors (Lipinski definition) is 4. The zero-order valence-electron chi connectivity index (χ0n) is 13.8. The van der Waals surface area contributed by atoms with E-state index in [9.17, 15) is 9.18 Å². The van der Waals surface area contributed by atoms with Gasteiger partial charge in [0.2, 0.25) is 5.91 Å². The molecule has 1 aromatic carbocycles. The third kappa shape index (κ3) is 4.58. The minimum Gasteiger partial charge on any atom is -0.367 e. The lowest BCUT2D eigenvalue weighted by atomic mass is 10.1. The van der Waals surface area contributed by atoms with Crippen LogP contribution in [0.4, 0.5) is 10.2 Å². The van der Waals surface area contributed by atoms with Gasteiger partial charge in [0, 0.05) is 36.1 Å². The number of aromatic nitrogens is 3. The van der Waals surface area contributed by atoms with Gasteiger partial charge in [-0.25, -0.2) is 4.39 Å². The molecule has 2 aromatic heterocycles. The second-order valence-electron chi connectivity index (χ2n) is 5.52. The molecule has 26 heavy (non-hydrogen) atoms. The fourth-order valence-electron chi connectivity index (χ4n) is 2.36. The molecule has 1 amide bonds. The van der Waals surface area contributed by atoms with E-state index in [1.165, 1.54) is 12.1 Å². The molecule has 0 radical (unpaired) electrons. The van der Waals surface area contributed by atoms with Crippen molar-refractivity contribution in [3.8, 4) is 5.82 Å². The highest BCUT2D eigenvalue weighted by molar-refractivity contribution is 6.31. The van der Waals surface area contributed by atoms with Crippen molar-refractivity contribution in [2.24, 2.45) is 0 Å². The predicted molar refractivity (Wildman–Crippen MR) is 98.0 cm³/mol. The van der Waals surface area contributed by atoms with Crippen LogP contribution in [-0.4, -0.2) is 33.8 Å². The lowest BCUT2D eigenvalue weighted by Crippen LogP contribution is -2.30. The Morgan fingerprint density at radius 2 is 1.88 bits per heavy atom. The molecule has 0 aliphatic carbocycles. The van der Waals surface area contributed by atoms with Crippen molar-refractivity contribution in [1.82, 2.24) is 20.1 Å². The van der Waals surface area contributed by atoms with Crippen LogP contribution in [0.15, 0.2) is 54.9 Å². The fourth-order valence-corrected chi connectivity index (χ4v) is 2.59. The van der Waals surface area contributed by atoms with Crippen molar-refractivity contribution in [2.75, 3.05) is 18.4 Å². The summed E-state index contributed by atoms with van der Waals surface area (Å²) >= 11 is 5.92. The van der Waals surface area contributed by atoms with Crippen molar-refractivity contribution in [3.05, 3.63) is 71.3 Å². The predicted octanol–water partition coefficient (Wildman–Crippen LogP) is 2.83. The van der Waals surface area contributed by atoms with Crippen molar-refractivity contribution in [3.63, 3.8) is 0 Å². The van der Waals surface area contributed by atoms with Gasteiger partial charge in [0.1, 0.15) is 11.6 Å². The lowest BCUT2D eigenvalue weighted by molar-refractivity contribution is -0.120. The average molecular weight is 374 g/mol. The van der Waals surface area contributed by atoms with Gasteiger partial charge < -0.3 is 15.2 Å². The molecule has 0 aliphatic heterocycles. The first kappa shape index (κ1) is 17.9. The Morgan fingerprint density at radius 1 is 1.08 bits per heavy atom. The molecule has 0 atom stereocenters. The molecule has 3 aromatic rings. The Kier molecular flexibility index (Phi) is 5.80. The van der Waals surface area contributed by atoms with E-state index in [1.807, 2.05) is 41.2 Å². The second kappa shape index (κ2) is 8.44. The van der Waals surface area contributed by atoms with Crippen molar-refractivity contribution < 1.29 is 9.18 Å². The van der Waals surface area contributed by atoms with E-state index in [-0.39, 0.29) is 22.9 Å². The van der Waals surface area contributed by atoms with Crippen LogP contribution in [0.5, 0.6) is 0 Å². The molecule has 0 aliphatic rings. The normalized spacial score (nSPS) is 10.5. The number of amides is 1. The van der Waals surface area contributed by atoms with Gasteiger partial charge in [0.15, 0.2) is 5.82 Å². The van der Waals surface area contributed by atoms with Gasteiger partial charge in [0.25, 0.3) is 0 Å². The molecule has 0 saturated carbocycles. The minimum atomic E-state index is -0.483. The molecule has 0 unspecified atom stereocenters. The number of hydrogen-bond donors (Lipinski definition) is 2. The Morgan fingerprint density at radius 3 is 2.58 bits per heavy atom. The second-order valence-corrected chi connectivity index (χ2v) is 5.93. The maximum absolute atomic E-state index is 13.7. The smallest absolute Gasteiger partial charge is 0.224 e. The zero-order chi connectivity index (χ0) is 18.4. The maximum atomic E-state index is 13.7. The molecule has 3 rings (SSSR count). The van der Waals surface area contributed by atoms with Crippen molar-refractivity contribution >= 4 is 23.3 Å². The largest absolute Gasteiger partial charge is 0.367 e. The van der Waals surface area contributed by atoms with Crippen molar-refractivity contribution in [1.29, 1.82) is 0 Å². The molecule has 2 heterocycles. The van der Waals surface area contributed by atoms with E-state index in [0.29, 0.717) is 18.9 Å². The summed E-state index contributed by atoms with van der Waals surface area (Å²) in [5.41, 5.74) is 0.200. The van der Waals surface area contributed by atoms with Gasteiger partial charge in [0.05, 0.1) is 6.42 Å². The highest BCUT2D eigenvalue weighted by Gasteiger charge is 2.11. The molecule has 0 fully saturated rings. The van der Waals surface area contributed by atoms with Crippen LogP contribution in [0, 0.1) is 5.82 Å². The third-order valence-electron chi connectivity index (χ3n) is 3.67. The molecule has 134 valence electrons. The Hall–Kier alpha value is -2.93. The van der Waals surface area contributed by atoms with Gasteiger partial charge in [-0.2, -0.15) is 0 Å². The van der Waals surface area contributed by atoms with Gasteiger partial charge in [-0.05, 0) is 36.4 Å². The summed E-state index contributed by atoms with van der Waals surface area (Å²) in [6.45, 7) is 0.834. The summed E-state index contributed by atoms with van der Waals surface area (Å²) < 4.78 is 15.5. The molecule has 0 spiro atoms. The molecular formula is C18H17ClFN5O. The van der Waals surface area contributed by atoms with Gasteiger partial charge in [-0.3, -0.25) is 4.79 Å². The molecular weight excluding hydrogens is 357 g/mol. The summed E-state index contributed by atoms with van der Waals surface area (Å²) in [5, 5.41) is 14.2. The van der Waals surface area contributed by atoms with Crippen LogP contribution >= 0.6 is 11.6 Å². The summed E-state index contributed by atoms with van der Waals surface area (Å²) in [5.74, 6) is 0.541. The van der Waals surface area contributed by atoms with Gasteiger partial charge >= 0.3 is 0 Å². The van der Waals surface area contributed by atoms with E-state index in [2.05, 4.69) is 20.8 Å². The van der Waals surface area contributed by atoms with Gasteiger partial charge in [-0.1, -0.05) is 17.7 Å². The molecule has 6 nitrogen and oxygen atoms in total. The number of carbonyl (C=O) groups excluding carboxylic acids is 1. The van der Waals surface area contributed by atoms with E-state index in [1.54, 1.807) is 6.07 Å². The Balaban J connectivity index is 1.43. The summed E-state index contributed by atoms with van der Waals surface area (Å²) in [7, 11) is 0. The molecule has 0 bridgehead atoms. The number of anilines is 1. The SMILES string of the molecule is O=C(Cc1c(F)cccc1Cl)NCCNc1ccc(-n2cccc2)nn1.